The third-order valence-corrected chi connectivity index (χ3v) is 3.23. The Hall–Kier alpha value is -2.84. The van der Waals surface area contributed by atoms with Crippen LogP contribution in [0, 0.1) is 0 Å². The molecule has 8 heteroatoms. The molecule has 0 bridgehead atoms. The van der Waals surface area contributed by atoms with Crippen LogP contribution in [0.15, 0.2) is 36.4 Å². The van der Waals surface area contributed by atoms with E-state index in [1.807, 2.05) is 6.92 Å². The highest BCUT2D eigenvalue weighted by Gasteiger charge is 2.08. The minimum atomic E-state index is -1.06. The molecule has 126 valence electrons. The molecule has 0 unspecified atom stereocenters. The maximum Gasteiger partial charge on any atom is 0.354 e. The number of hydrogen-bond acceptors (Lipinski definition) is 6. The molecule has 0 aliphatic heterocycles. The Morgan fingerprint density at radius 3 is 1.71 bits per heavy atom. The quantitative estimate of drug-likeness (QED) is 0.530. The molecule has 24 heavy (non-hydrogen) atoms. The van der Waals surface area contributed by atoms with Crippen LogP contribution < -0.4 is 10.6 Å². The Morgan fingerprint density at radius 2 is 1.33 bits per heavy atom. The van der Waals surface area contributed by atoms with Crippen molar-refractivity contribution in [1.82, 2.24) is 20.6 Å². The molecule has 2 heterocycles. The van der Waals surface area contributed by atoms with Gasteiger partial charge in [-0.3, -0.25) is 10.6 Å². The standard InChI is InChI=1S/C16H18N4O4/c1-10(17-8-11-4-2-6-13(19-11)15(21)22)18-9-12-5-3-7-14(20-12)16(23)24/h2-7,10,17-18H,8-9H2,1H3,(H,21,22)(H,23,24). The maximum atomic E-state index is 10.9. The number of aromatic nitrogens is 2. The molecule has 0 saturated heterocycles. The van der Waals surface area contributed by atoms with Crippen molar-refractivity contribution in [3.63, 3.8) is 0 Å². The lowest BCUT2D eigenvalue weighted by Crippen LogP contribution is -2.39. The lowest BCUT2D eigenvalue weighted by molar-refractivity contribution is 0.0679. The van der Waals surface area contributed by atoms with Gasteiger partial charge in [-0.15, -0.1) is 0 Å². The summed E-state index contributed by atoms with van der Waals surface area (Å²) in [5, 5.41) is 24.2. The van der Waals surface area contributed by atoms with Gasteiger partial charge in [-0.05, 0) is 31.2 Å². The molecule has 0 radical (unpaired) electrons. The lowest BCUT2D eigenvalue weighted by atomic mass is 10.3. The first-order chi connectivity index (χ1) is 11.5. The number of rotatable bonds is 8. The third-order valence-electron chi connectivity index (χ3n) is 3.23. The van der Waals surface area contributed by atoms with Gasteiger partial charge < -0.3 is 10.2 Å². The smallest absolute Gasteiger partial charge is 0.354 e. The topological polar surface area (TPSA) is 124 Å². The van der Waals surface area contributed by atoms with E-state index in [4.69, 9.17) is 10.2 Å². The SMILES string of the molecule is CC(NCc1cccc(C(=O)O)n1)NCc1cccc(C(=O)O)n1. The van der Waals surface area contributed by atoms with Crippen molar-refractivity contribution in [1.29, 1.82) is 0 Å². The molecule has 0 amide bonds. The summed E-state index contributed by atoms with van der Waals surface area (Å²) in [4.78, 5) is 29.8. The minimum absolute atomic E-state index is 0.00426. The zero-order valence-electron chi connectivity index (χ0n) is 13.1. The maximum absolute atomic E-state index is 10.9. The van der Waals surface area contributed by atoms with Gasteiger partial charge in [-0.25, -0.2) is 19.6 Å². The predicted molar refractivity (Wildman–Crippen MR) is 85.5 cm³/mol. The first kappa shape index (κ1) is 17.5. The van der Waals surface area contributed by atoms with Crippen molar-refractivity contribution >= 4 is 11.9 Å². The Bertz CT molecular complexity index is 674. The summed E-state index contributed by atoms with van der Waals surface area (Å²) in [5.74, 6) is -2.13. The fraction of sp³-hybridized carbons (Fsp3) is 0.250. The van der Waals surface area contributed by atoms with Crippen LogP contribution in [0.3, 0.4) is 0 Å². The van der Waals surface area contributed by atoms with Crippen molar-refractivity contribution in [2.24, 2.45) is 0 Å². The average molecular weight is 330 g/mol. The summed E-state index contributed by atoms with van der Waals surface area (Å²) in [7, 11) is 0. The Labute approximate surface area is 138 Å². The van der Waals surface area contributed by atoms with E-state index in [9.17, 15) is 9.59 Å². The zero-order valence-corrected chi connectivity index (χ0v) is 13.1. The van der Waals surface area contributed by atoms with Crippen LogP contribution >= 0.6 is 0 Å². The summed E-state index contributed by atoms with van der Waals surface area (Å²) >= 11 is 0. The molecule has 0 aromatic carbocycles. The average Bonchev–Trinajstić information content (AvgIpc) is 2.58. The molecular weight excluding hydrogens is 312 g/mol. The summed E-state index contributed by atoms with van der Waals surface area (Å²) in [6.07, 6.45) is -0.101. The van der Waals surface area contributed by atoms with E-state index in [0.29, 0.717) is 24.5 Å². The van der Waals surface area contributed by atoms with Crippen LogP contribution in [-0.2, 0) is 13.1 Å². The molecule has 4 N–H and O–H groups in total. The van der Waals surface area contributed by atoms with E-state index in [1.54, 1.807) is 24.3 Å². The highest BCUT2D eigenvalue weighted by molar-refractivity contribution is 5.85. The van der Waals surface area contributed by atoms with E-state index >= 15 is 0 Å². The number of hydrogen-bond donors (Lipinski definition) is 4. The highest BCUT2D eigenvalue weighted by atomic mass is 16.4. The van der Waals surface area contributed by atoms with Gasteiger partial charge in [0, 0.05) is 13.1 Å². The molecule has 8 nitrogen and oxygen atoms in total. The van der Waals surface area contributed by atoms with E-state index in [0.717, 1.165) is 0 Å². The molecule has 0 fully saturated rings. The third kappa shape index (κ3) is 5.11. The van der Waals surface area contributed by atoms with Gasteiger partial charge in [-0.2, -0.15) is 0 Å². The van der Waals surface area contributed by atoms with Crippen LogP contribution in [0.25, 0.3) is 0 Å². The predicted octanol–water partition coefficient (Wildman–Crippen LogP) is 1.10. The number of nitrogens with zero attached hydrogens (tertiary/aromatic N) is 2. The number of carboxylic acids is 2. The second-order valence-corrected chi connectivity index (χ2v) is 5.12. The molecule has 0 atom stereocenters. The minimum Gasteiger partial charge on any atom is -0.477 e. The number of pyridine rings is 2. The van der Waals surface area contributed by atoms with Gasteiger partial charge in [-0.1, -0.05) is 12.1 Å². The molecule has 2 rings (SSSR count). The molecule has 0 saturated carbocycles. The van der Waals surface area contributed by atoms with Crippen molar-refractivity contribution in [3.05, 3.63) is 59.2 Å². The molecule has 0 aliphatic carbocycles. The second kappa shape index (κ2) is 8.14. The largest absolute Gasteiger partial charge is 0.477 e. The van der Waals surface area contributed by atoms with Crippen LogP contribution in [0.5, 0.6) is 0 Å². The van der Waals surface area contributed by atoms with Gasteiger partial charge in [0.25, 0.3) is 0 Å². The first-order valence-electron chi connectivity index (χ1n) is 7.31. The van der Waals surface area contributed by atoms with Crippen LogP contribution in [-0.4, -0.2) is 38.3 Å². The molecule has 0 spiro atoms. The monoisotopic (exact) mass is 330 g/mol. The van der Waals surface area contributed by atoms with Crippen molar-refractivity contribution in [3.8, 4) is 0 Å². The molecule has 2 aromatic heterocycles. The Morgan fingerprint density at radius 1 is 0.917 bits per heavy atom. The van der Waals surface area contributed by atoms with Gasteiger partial charge in [0.05, 0.1) is 17.6 Å². The normalized spacial score (nSPS) is 10.8. The summed E-state index contributed by atoms with van der Waals surface area (Å²) in [5.41, 5.74) is 1.25. The first-order valence-corrected chi connectivity index (χ1v) is 7.31. The van der Waals surface area contributed by atoms with Crippen LogP contribution in [0.4, 0.5) is 0 Å². The van der Waals surface area contributed by atoms with Crippen molar-refractivity contribution < 1.29 is 19.8 Å². The Balaban J connectivity index is 1.84. The van der Waals surface area contributed by atoms with Gasteiger partial charge >= 0.3 is 11.9 Å². The molecule has 0 aliphatic rings. The van der Waals surface area contributed by atoms with Crippen LogP contribution in [0.1, 0.15) is 39.3 Å². The van der Waals surface area contributed by atoms with E-state index in [-0.39, 0.29) is 17.6 Å². The van der Waals surface area contributed by atoms with Gasteiger partial charge in [0.15, 0.2) is 0 Å². The summed E-state index contributed by atoms with van der Waals surface area (Å²) in [6.45, 7) is 2.69. The number of carbonyl (C=O) groups is 2. The van der Waals surface area contributed by atoms with E-state index < -0.39 is 11.9 Å². The number of carboxylic acid groups (broad SMARTS) is 2. The highest BCUT2D eigenvalue weighted by Crippen LogP contribution is 2.01. The van der Waals surface area contributed by atoms with Gasteiger partial charge in [0.1, 0.15) is 11.4 Å². The zero-order chi connectivity index (χ0) is 17.5. The lowest BCUT2D eigenvalue weighted by Gasteiger charge is -2.15. The summed E-state index contributed by atoms with van der Waals surface area (Å²) in [6, 6.07) is 9.65. The fourth-order valence-corrected chi connectivity index (χ4v) is 1.98. The second-order valence-electron chi connectivity index (χ2n) is 5.12. The van der Waals surface area contributed by atoms with E-state index in [1.165, 1.54) is 12.1 Å². The summed E-state index contributed by atoms with van der Waals surface area (Å²) < 4.78 is 0. The molecule has 2 aromatic rings. The number of nitrogens with one attached hydrogen (secondary N) is 2. The van der Waals surface area contributed by atoms with Gasteiger partial charge in [0.2, 0.25) is 0 Å². The van der Waals surface area contributed by atoms with E-state index in [2.05, 4.69) is 20.6 Å². The number of aromatic carboxylic acids is 2. The van der Waals surface area contributed by atoms with Crippen molar-refractivity contribution in [2.75, 3.05) is 0 Å². The Kier molecular flexibility index (Phi) is 5.94. The fourth-order valence-electron chi connectivity index (χ4n) is 1.98. The van der Waals surface area contributed by atoms with Crippen molar-refractivity contribution in [2.45, 2.75) is 26.2 Å². The van der Waals surface area contributed by atoms with Crippen LogP contribution in [0.2, 0.25) is 0 Å². The molecular formula is C16H18N4O4.